The molecule has 0 unspecified atom stereocenters. The topological polar surface area (TPSA) is 74.6 Å². The Morgan fingerprint density at radius 3 is 1.67 bits per heavy atom. The summed E-state index contributed by atoms with van der Waals surface area (Å²) in [4.78, 5) is 0. The van der Waals surface area contributed by atoms with Crippen LogP contribution in [-0.2, 0) is 10.4 Å². The zero-order valence-corrected chi connectivity index (χ0v) is 10.4. The maximum atomic E-state index is 8.74. The third-order valence-corrected chi connectivity index (χ3v) is 2.10. The van der Waals surface area contributed by atoms with Crippen LogP contribution in [0.5, 0.6) is 0 Å². The van der Waals surface area contributed by atoms with E-state index in [4.69, 9.17) is 17.5 Å². The van der Waals surface area contributed by atoms with Gasteiger partial charge in [0.2, 0.25) is 0 Å². The van der Waals surface area contributed by atoms with Gasteiger partial charge in [-0.25, -0.2) is 0 Å². The summed E-state index contributed by atoms with van der Waals surface area (Å²) >= 11 is 0.948. The molecule has 0 saturated heterocycles. The molecule has 0 aromatic carbocycles. The SMILES string of the molecule is CC[CH]=[Ba].O=S(=O)(O)O. The second kappa shape index (κ2) is 7.42. The third-order valence-electron chi connectivity index (χ3n) is 0.289. The van der Waals surface area contributed by atoms with Gasteiger partial charge in [0.25, 0.3) is 0 Å². The molecule has 0 aliphatic carbocycles. The second-order valence-corrected chi connectivity index (χ2v) is 3.85. The van der Waals surface area contributed by atoms with E-state index in [0.717, 1.165) is 46.0 Å². The zero-order chi connectivity index (χ0) is 7.91. The van der Waals surface area contributed by atoms with Gasteiger partial charge in [0, 0.05) is 0 Å². The molecule has 2 N–H and O–H groups in total. The van der Waals surface area contributed by atoms with E-state index < -0.39 is 10.4 Å². The van der Waals surface area contributed by atoms with Crippen LogP contribution >= 0.6 is 0 Å². The quantitative estimate of drug-likeness (QED) is 0.510. The van der Waals surface area contributed by atoms with Crippen LogP contribution in [0.4, 0.5) is 0 Å². The summed E-state index contributed by atoms with van der Waals surface area (Å²) in [6.45, 7) is 2.17. The summed E-state index contributed by atoms with van der Waals surface area (Å²) in [7, 11) is -4.67. The number of hydrogen-bond acceptors (Lipinski definition) is 2. The average molecular weight is 277 g/mol. The van der Waals surface area contributed by atoms with Crippen molar-refractivity contribution in [3.8, 4) is 0 Å². The molecule has 0 atom stereocenters. The monoisotopic (exact) mass is 278 g/mol. The van der Waals surface area contributed by atoms with Crippen molar-refractivity contribution >= 4 is 56.8 Å². The van der Waals surface area contributed by atoms with E-state index in [-0.39, 0.29) is 0 Å². The molecule has 0 spiro atoms. The maximum Gasteiger partial charge on any atom is 0.394 e. The van der Waals surface area contributed by atoms with Crippen LogP contribution in [0, 0.1) is 0 Å². The Morgan fingerprint density at radius 1 is 1.56 bits per heavy atom. The molecule has 4 nitrogen and oxygen atoms in total. The van der Waals surface area contributed by atoms with E-state index in [9.17, 15) is 0 Å². The van der Waals surface area contributed by atoms with Crippen LogP contribution < -0.4 is 0 Å². The van der Waals surface area contributed by atoms with E-state index >= 15 is 0 Å². The molecule has 0 heterocycles. The molecule has 0 aromatic rings. The Balaban J connectivity index is 0. The van der Waals surface area contributed by atoms with Crippen LogP contribution in [0.15, 0.2) is 0 Å². The van der Waals surface area contributed by atoms with Crippen LogP contribution in [0.3, 0.4) is 0 Å². The van der Waals surface area contributed by atoms with E-state index in [2.05, 4.69) is 7.37 Å². The van der Waals surface area contributed by atoms with Crippen molar-refractivity contribution in [2.24, 2.45) is 0 Å². The molecule has 0 fully saturated rings. The normalized spacial score (nSPS) is 9.44. The van der Waals surface area contributed by atoms with Crippen molar-refractivity contribution in [2.75, 3.05) is 0 Å². The van der Waals surface area contributed by atoms with Crippen LogP contribution in [0.1, 0.15) is 13.3 Å². The van der Waals surface area contributed by atoms with Crippen LogP contribution in [-0.4, -0.2) is 64.0 Å². The molecular formula is C3H8BaO4S. The maximum absolute atomic E-state index is 8.74. The fraction of sp³-hybridized carbons (Fsp3) is 0.667. The summed E-state index contributed by atoms with van der Waals surface area (Å²) < 4.78 is 33.9. The van der Waals surface area contributed by atoms with Gasteiger partial charge in [-0.1, -0.05) is 0 Å². The van der Waals surface area contributed by atoms with Crippen molar-refractivity contribution in [1.29, 1.82) is 0 Å². The van der Waals surface area contributed by atoms with Crippen LogP contribution in [0.25, 0.3) is 0 Å². The van der Waals surface area contributed by atoms with Gasteiger partial charge in [-0.3, -0.25) is 9.11 Å². The Morgan fingerprint density at radius 2 is 1.67 bits per heavy atom. The van der Waals surface area contributed by atoms with Gasteiger partial charge in [0.15, 0.2) is 0 Å². The van der Waals surface area contributed by atoms with Gasteiger partial charge < -0.3 is 0 Å². The van der Waals surface area contributed by atoms with E-state index in [1.807, 2.05) is 0 Å². The van der Waals surface area contributed by atoms with Gasteiger partial charge >= 0.3 is 70.2 Å². The minimum absolute atomic E-state index is 0.948. The summed E-state index contributed by atoms with van der Waals surface area (Å²) in [5.41, 5.74) is 0. The second-order valence-electron chi connectivity index (χ2n) is 1.14. The summed E-state index contributed by atoms with van der Waals surface area (Å²) in [6, 6.07) is 0. The molecule has 0 aliphatic heterocycles. The van der Waals surface area contributed by atoms with Crippen molar-refractivity contribution in [2.45, 2.75) is 13.3 Å². The van der Waals surface area contributed by atoms with E-state index in [1.54, 1.807) is 0 Å². The summed E-state index contributed by atoms with van der Waals surface area (Å²) in [6.07, 6.45) is 1.28. The Kier molecular flexibility index (Phi) is 10.7. The predicted octanol–water partition coefficient (Wildman–Crippen LogP) is -0.286. The first kappa shape index (κ1) is 12.9. The van der Waals surface area contributed by atoms with E-state index in [1.165, 1.54) is 6.42 Å². The Labute approximate surface area is 86.3 Å². The smallest absolute Gasteiger partial charge is 0.264 e. The van der Waals surface area contributed by atoms with Crippen LogP contribution in [0.2, 0.25) is 0 Å². The van der Waals surface area contributed by atoms with Gasteiger partial charge in [-0.05, 0) is 0 Å². The third kappa shape index (κ3) is 93.2. The molecule has 0 bridgehead atoms. The Hall–Kier alpha value is 1.31. The molecule has 0 aliphatic rings. The molecule has 0 saturated carbocycles. The standard InChI is InChI=1S/C3H6.Ba.H2O4S/c1-3-2;;1-5(2,3)4/h1H,3H2,2H3;;(H2,1,2,3,4). The van der Waals surface area contributed by atoms with Gasteiger partial charge in [-0.2, -0.15) is 8.42 Å². The first-order valence-electron chi connectivity index (χ1n) is 2.22. The first-order valence-corrected chi connectivity index (χ1v) is 6.18. The van der Waals surface area contributed by atoms with Gasteiger partial charge in [-0.15, -0.1) is 0 Å². The minimum Gasteiger partial charge on any atom is -0.264 e. The summed E-state index contributed by atoms with van der Waals surface area (Å²) in [5, 5.41) is 0. The number of hydrogen-bond donors (Lipinski definition) is 2. The molecule has 0 rings (SSSR count). The zero-order valence-electron chi connectivity index (χ0n) is 5.11. The molecular weight excluding hydrogens is 269 g/mol. The van der Waals surface area contributed by atoms with Gasteiger partial charge in [0.05, 0.1) is 0 Å². The van der Waals surface area contributed by atoms with E-state index in [0.29, 0.717) is 0 Å². The molecule has 6 heteroatoms. The minimum atomic E-state index is -4.67. The fourth-order valence-corrected chi connectivity index (χ4v) is 0. The molecule has 52 valence electrons. The van der Waals surface area contributed by atoms with Crippen molar-refractivity contribution < 1.29 is 17.5 Å². The molecule has 9 heavy (non-hydrogen) atoms. The number of rotatable bonds is 1. The predicted molar refractivity (Wildman–Crippen MR) is 36.3 cm³/mol. The van der Waals surface area contributed by atoms with Crippen molar-refractivity contribution in [3.63, 3.8) is 0 Å². The van der Waals surface area contributed by atoms with Gasteiger partial charge in [0.1, 0.15) is 0 Å². The van der Waals surface area contributed by atoms with Crippen molar-refractivity contribution in [1.82, 2.24) is 0 Å². The average Bonchev–Trinajstić information content (AvgIpc) is 1.61. The fourth-order valence-electron chi connectivity index (χ4n) is 0. The Bertz CT molecular complexity index is 141. The molecule has 0 radical (unpaired) electrons. The first-order chi connectivity index (χ1) is 3.91. The summed E-state index contributed by atoms with van der Waals surface area (Å²) in [5.74, 6) is 0. The molecule has 0 amide bonds. The largest absolute Gasteiger partial charge is 0.394 e. The molecule has 0 aromatic heterocycles. The van der Waals surface area contributed by atoms with Crippen molar-refractivity contribution in [3.05, 3.63) is 0 Å².